The topological polar surface area (TPSA) is 141 Å². The molecule has 186 valence electrons. The molecular formula is C25H17N3O7S2. The van der Waals surface area contributed by atoms with Gasteiger partial charge in [0.15, 0.2) is 5.78 Å². The van der Waals surface area contributed by atoms with E-state index in [1.807, 2.05) is 31.2 Å². The summed E-state index contributed by atoms with van der Waals surface area (Å²) in [5.74, 6) is -1.27. The summed E-state index contributed by atoms with van der Waals surface area (Å²) >= 11 is 1.86. The van der Waals surface area contributed by atoms with Crippen molar-refractivity contribution >= 4 is 57.9 Å². The molecule has 2 amide bonds. The monoisotopic (exact) mass is 535 g/mol. The van der Waals surface area contributed by atoms with Crippen LogP contribution in [0.5, 0.6) is 0 Å². The van der Waals surface area contributed by atoms with E-state index in [9.17, 15) is 34.6 Å². The summed E-state index contributed by atoms with van der Waals surface area (Å²) in [7, 11) is 0. The average molecular weight is 536 g/mol. The van der Waals surface area contributed by atoms with Gasteiger partial charge in [-0.3, -0.25) is 39.5 Å². The van der Waals surface area contributed by atoms with Crippen LogP contribution in [0.4, 0.5) is 16.2 Å². The number of ketones is 1. The summed E-state index contributed by atoms with van der Waals surface area (Å²) in [4.78, 5) is 61.2. The number of carbonyl (C=O) groups is 3. The lowest BCUT2D eigenvalue weighted by atomic mass is 10.1. The van der Waals surface area contributed by atoms with Crippen LogP contribution in [0.2, 0.25) is 0 Å². The number of nitro groups is 2. The number of imide groups is 1. The van der Waals surface area contributed by atoms with Gasteiger partial charge < -0.3 is 0 Å². The van der Waals surface area contributed by atoms with Crippen LogP contribution in [0, 0.1) is 27.2 Å². The van der Waals surface area contributed by atoms with E-state index in [0.717, 1.165) is 27.5 Å². The second-order valence-electron chi connectivity index (χ2n) is 7.89. The normalized spacial score (nSPS) is 14.3. The number of hydrogen-bond donors (Lipinski definition) is 0. The fraction of sp³-hybridized carbons (Fsp3) is 0.0800. The molecule has 0 unspecified atom stereocenters. The molecule has 0 aliphatic carbocycles. The molecule has 0 aromatic heterocycles. The van der Waals surface area contributed by atoms with E-state index in [-0.39, 0.29) is 21.8 Å². The molecular weight excluding hydrogens is 518 g/mol. The number of aryl methyl sites for hydroxylation is 1. The third-order valence-corrected chi connectivity index (χ3v) is 7.28. The molecule has 12 heteroatoms. The number of amides is 2. The van der Waals surface area contributed by atoms with Gasteiger partial charge in [0.25, 0.3) is 22.5 Å². The second kappa shape index (κ2) is 10.8. The molecule has 0 saturated carbocycles. The zero-order valence-electron chi connectivity index (χ0n) is 19.2. The lowest BCUT2D eigenvalue weighted by molar-refractivity contribution is -0.387. The van der Waals surface area contributed by atoms with Crippen LogP contribution in [0.3, 0.4) is 0 Å². The Morgan fingerprint density at radius 1 is 0.973 bits per heavy atom. The number of nitrogens with zero attached hydrogens (tertiary/aromatic N) is 3. The maximum Gasteiger partial charge on any atom is 0.293 e. The molecule has 0 spiro atoms. The van der Waals surface area contributed by atoms with Gasteiger partial charge in [-0.25, -0.2) is 0 Å². The van der Waals surface area contributed by atoms with E-state index in [2.05, 4.69) is 0 Å². The minimum Gasteiger partial charge on any atom is -0.292 e. The molecule has 3 aromatic rings. The molecule has 1 fully saturated rings. The Hall–Kier alpha value is -4.29. The zero-order valence-corrected chi connectivity index (χ0v) is 20.8. The van der Waals surface area contributed by atoms with E-state index in [0.29, 0.717) is 22.2 Å². The Bertz CT molecular complexity index is 1470. The van der Waals surface area contributed by atoms with Gasteiger partial charge in [0.05, 0.1) is 26.2 Å². The van der Waals surface area contributed by atoms with Crippen LogP contribution in [-0.4, -0.2) is 38.2 Å². The van der Waals surface area contributed by atoms with Gasteiger partial charge >= 0.3 is 0 Å². The van der Waals surface area contributed by atoms with Crippen molar-refractivity contribution in [2.75, 3.05) is 6.54 Å². The number of rotatable bonds is 8. The van der Waals surface area contributed by atoms with Crippen LogP contribution in [-0.2, 0) is 4.79 Å². The standard InChI is InChI=1S/C25H17N3O7S2/c1-15-2-9-19(10-3-15)36-22-11-4-16(12-20(22)28(34)35)13-23-24(30)26(25(31)37-23)14-21(29)17-5-7-18(8-6-17)27(32)33/h2-13H,14H2,1H3/b23-13-. The van der Waals surface area contributed by atoms with Crippen LogP contribution < -0.4 is 0 Å². The smallest absolute Gasteiger partial charge is 0.292 e. The van der Waals surface area contributed by atoms with Gasteiger partial charge in [0.1, 0.15) is 0 Å². The summed E-state index contributed by atoms with van der Waals surface area (Å²) in [6, 6.07) is 16.9. The summed E-state index contributed by atoms with van der Waals surface area (Å²) in [5.41, 5.74) is 1.20. The molecule has 0 radical (unpaired) electrons. The number of Topliss-reactive ketones (excluding diaryl/α,β-unsaturated/α-hetero) is 1. The van der Waals surface area contributed by atoms with Crippen LogP contribution in [0.25, 0.3) is 6.08 Å². The number of non-ortho nitro benzene ring substituents is 1. The van der Waals surface area contributed by atoms with Gasteiger partial charge in [-0.1, -0.05) is 35.5 Å². The van der Waals surface area contributed by atoms with Crippen LogP contribution in [0.15, 0.2) is 81.4 Å². The molecule has 1 aliphatic heterocycles. The van der Waals surface area contributed by atoms with Crippen molar-refractivity contribution in [3.05, 3.63) is 109 Å². The Morgan fingerprint density at radius 3 is 2.27 bits per heavy atom. The van der Waals surface area contributed by atoms with Crippen molar-refractivity contribution < 1.29 is 24.2 Å². The number of benzene rings is 3. The Labute approximate surface area is 218 Å². The second-order valence-corrected chi connectivity index (χ2v) is 10.0. The van der Waals surface area contributed by atoms with Gasteiger partial charge in [-0.2, -0.15) is 0 Å². The molecule has 3 aromatic carbocycles. The first-order valence-electron chi connectivity index (χ1n) is 10.7. The SMILES string of the molecule is Cc1ccc(Sc2ccc(/C=C3\SC(=O)N(CC(=O)c4ccc([N+](=O)[O-])cc4)C3=O)cc2[N+](=O)[O-])cc1. The van der Waals surface area contributed by atoms with Crippen LogP contribution >= 0.6 is 23.5 Å². The summed E-state index contributed by atoms with van der Waals surface area (Å²) < 4.78 is 0. The number of nitro benzene ring substituents is 2. The Balaban J connectivity index is 1.52. The number of thioether (sulfide) groups is 1. The summed E-state index contributed by atoms with van der Waals surface area (Å²) in [5, 5.41) is 21.8. The Morgan fingerprint density at radius 2 is 1.65 bits per heavy atom. The first-order chi connectivity index (χ1) is 17.6. The third-order valence-electron chi connectivity index (χ3n) is 5.30. The average Bonchev–Trinajstić information content (AvgIpc) is 3.13. The van der Waals surface area contributed by atoms with Gasteiger partial charge in [0.2, 0.25) is 0 Å². The van der Waals surface area contributed by atoms with Gasteiger partial charge in [0, 0.05) is 28.7 Å². The fourth-order valence-electron chi connectivity index (χ4n) is 3.38. The number of carbonyl (C=O) groups excluding carboxylic acids is 3. The maximum atomic E-state index is 12.8. The molecule has 1 aliphatic rings. The summed E-state index contributed by atoms with van der Waals surface area (Å²) in [6.07, 6.45) is 1.37. The van der Waals surface area contributed by atoms with E-state index in [4.69, 9.17) is 0 Å². The number of hydrogen-bond acceptors (Lipinski definition) is 9. The minimum atomic E-state index is -0.703. The van der Waals surface area contributed by atoms with Crippen molar-refractivity contribution in [3.63, 3.8) is 0 Å². The van der Waals surface area contributed by atoms with Crippen molar-refractivity contribution in [3.8, 4) is 0 Å². The van der Waals surface area contributed by atoms with E-state index in [1.165, 1.54) is 36.0 Å². The molecule has 4 rings (SSSR count). The predicted molar refractivity (Wildman–Crippen MR) is 139 cm³/mol. The lowest BCUT2D eigenvalue weighted by Gasteiger charge is -2.11. The zero-order chi connectivity index (χ0) is 26.7. The lowest BCUT2D eigenvalue weighted by Crippen LogP contribution is -2.33. The van der Waals surface area contributed by atoms with Crippen molar-refractivity contribution in [2.45, 2.75) is 16.7 Å². The largest absolute Gasteiger partial charge is 0.293 e. The highest BCUT2D eigenvalue weighted by atomic mass is 32.2. The highest BCUT2D eigenvalue weighted by molar-refractivity contribution is 8.18. The Kier molecular flexibility index (Phi) is 7.50. The molecule has 0 atom stereocenters. The highest BCUT2D eigenvalue weighted by Gasteiger charge is 2.36. The fourth-order valence-corrected chi connectivity index (χ4v) is 5.12. The van der Waals surface area contributed by atoms with Crippen LogP contribution in [0.1, 0.15) is 21.5 Å². The van der Waals surface area contributed by atoms with Crippen molar-refractivity contribution in [1.82, 2.24) is 4.90 Å². The molecule has 10 nitrogen and oxygen atoms in total. The first-order valence-corrected chi connectivity index (χ1v) is 12.3. The van der Waals surface area contributed by atoms with E-state index < -0.39 is 33.3 Å². The molecule has 0 N–H and O–H groups in total. The van der Waals surface area contributed by atoms with E-state index in [1.54, 1.807) is 12.1 Å². The maximum absolute atomic E-state index is 12.8. The molecule has 37 heavy (non-hydrogen) atoms. The predicted octanol–water partition coefficient (Wildman–Crippen LogP) is 5.88. The summed E-state index contributed by atoms with van der Waals surface area (Å²) in [6.45, 7) is 1.41. The molecule has 0 bridgehead atoms. The van der Waals surface area contributed by atoms with Gasteiger partial charge in [-0.05, 0) is 60.7 Å². The quantitative estimate of drug-likeness (QED) is 0.150. The van der Waals surface area contributed by atoms with Crippen molar-refractivity contribution in [1.29, 1.82) is 0 Å². The first kappa shape index (κ1) is 25.8. The minimum absolute atomic E-state index is 0.0229. The van der Waals surface area contributed by atoms with Crippen molar-refractivity contribution in [2.24, 2.45) is 0 Å². The highest BCUT2D eigenvalue weighted by Crippen LogP contribution is 2.37. The molecule has 1 saturated heterocycles. The van der Waals surface area contributed by atoms with Gasteiger partial charge in [-0.15, -0.1) is 0 Å². The van der Waals surface area contributed by atoms with E-state index >= 15 is 0 Å². The third kappa shape index (κ3) is 5.93. The molecule has 1 heterocycles.